The number of aryl methyl sites for hydroxylation is 1. The normalized spacial score (nSPS) is 11.5. The molecule has 5 rings (SSSR count). The van der Waals surface area contributed by atoms with Gasteiger partial charge in [0, 0.05) is 11.6 Å². The molecule has 0 saturated heterocycles. The lowest BCUT2D eigenvalue weighted by Gasteiger charge is -2.11. The van der Waals surface area contributed by atoms with Crippen molar-refractivity contribution in [3.05, 3.63) is 100 Å². The molecule has 0 spiro atoms. The van der Waals surface area contributed by atoms with Crippen molar-refractivity contribution in [3.63, 3.8) is 0 Å². The van der Waals surface area contributed by atoms with Gasteiger partial charge in [0.25, 0.3) is 5.91 Å². The number of aromatic carboxylic acids is 1. The van der Waals surface area contributed by atoms with Crippen molar-refractivity contribution in [2.75, 3.05) is 5.32 Å². The third-order valence-corrected chi connectivity index (χ3v) is 6.11. The predicted molar refractivity (Wildman–Crippen MR) is 137 cm³/mol. The largest absolute Gasteiger partial charge is 0.487 e. The van der Waals surface area contributed by atoms with E-state index in [4.69, 9.17) is 21.4 Å². The van der Waals surface area contributed by atoms with E-state index in [9.17, 15) is 22.8 Å². The topological polar surface area (TPSA) is 124 Å². The first-order chi connectivity index (χ1) is 19.0. The zero-order valence-corrected chi connectivity index (χ0v) is 21.2. The zero-order valence-electron chi connectivity index (χ0n) is 20.5. The van der Waals surface area contributed by atoms with Crippen LogP contribution in [0.25, 0.3) is 11.3 Å². The van der Waals surface area contributed by atoms with Gasteiger partial charge >= 0.3 is 12.1 Å². The van der Waals surface area contributed by atoms with E-state index in [0.29, 0.717) is 11.3 Å². The van der Waals surface area contributed by atoms with E-state index >= 15 is 0 Å². The average molecular weight is 571 g/mol. The number of aromatic nitrogens is 5. The summed E-state index contributed by atoms with van der Waals surface area (Å²) in [6.07, 6.45) is -1.82. The minimum absolute atomic E-state index is 0.0142. The van der Waals surface area contributed by atoms with Crippen LogP contribution in [-0.2, 0) is 12.8 Å². The molecule has 2 N–H and O–H groups in total. The molecule has 0 atom stereocenters. The lowest BCUT2D eigenvalue weighted by atomic mass is 10.2. The molecule has 10 nitrogen and oxygen atoms in total. The molecular formula is C26H18ClF3N6O4. The van der Waals surface area contributed by atoms with Gasteiger partial charge in [-0.3, -0.25) is 4.79 Å². The molecule has 0 aliphatic heterocycles. The number of ether oxygens (including phenoxy) is 1. The number of carbonyl (C=O) groups is 2. The van der Waals surface area contributed by atoms with Gasteiger partial charge in [-0.1, -0.05) is 17.7 Å². The van der Waals surface area contributed by atoms with Crippen LogP contribution in [0.3, 0.4) is 0 Å². The van der Waals surface area contributed by atoms with Crippen LogP contribution in [0.5, 0.6) is 5.75 Å². The van der Waals surface area contributed by atoms with Crippen molar-refractivity contribution >= 4 is 34.8 Å². The summed E-state index contributed by atoms with van der Waals surface area (Å²) in [5.74, 6) is -1.48. The minimum atomic E-state index is -4.86. The van der Waals surface area contributed by atoms with Crippen molar-refractivity contribution in [1.29, 1.82) is 0 Å². The maximum Gasteiger partial charge on any atom is 0.436 e. The molecule has 0 saturated carbocycles. The Hall–Kier alpha value is -4.91. The fraction of sp³-hybridized carbons (Fsp3) is 0.115. The highest BCUT2D eigenvalue weighted by atomic mass is 35.5. The molecule has 14 heteroatoms. The summed E-state index contributed by atoms with van der Waals surface area (Å²) in [6, 6.07) is 12.9. The fourth-order valence-corrected chi connectivity index (χ4v) is 4.12. The standard InChI is InChI=1S/C26H18ClF3N6O4/c1-14-9-21-31-11-17(12-35(21)33-14)32-24(37)16-3-2-4-18(10-16)36-20(22(27)23(34-36)26(28,29)30)13-40-19-7-5-15(6-8-19)25(38)39/h2-12H,13H2,1H3,(H,32,37)(H,38,39). The number of nitrogens with zero attached hydrogens (tertiary/aromatic N) is 5. The van der Waals surface area contributed by atoms with Gasteiger partial charge in [0.05, 0.1) is 40.0 Å². The Labute approximate surface area is 228 Å². The number of amides is 1. The van der Waals surface area contributed by atoms with E-state index < -0.39 is 35.4 Å². The number of fused-ring (bicyclic) bond motifs is 1. The number of carboxylic acids is 1. The second-order valence-electron chi connectivity index (χ2n) is 8.57. The molecule has 0 aliphatic rings. The lowest BCUT2D eigenvalue weighted by Crippen LogP contribution is -2.14. The predicted octanol–water partition coefficient (Wildman–Crippen LogP) is 5.43. The SMILES string of the molecule is Cc1cc2ncc(NC(=O)c3cccc(-n4nc(C(F)(F)F)c(Cl)c4COc4ccc(C(=O)O)cc4)c3)cn2n1. The van der Waals surface area contributed by atoms with Gasteiger partial charge in [-0.2, -0.15) is 23.4 Å². The second-order valence-corrected chi connectivity index (χ2v) is 8.95. The third kappa shape index (κ3) is 5.45. The van der Waals surface area contributed by atoms with Crippen LogP contribution in [0.15, 0.2) is 67.0 Å². The maximum absolute atomic E-state index is 13.7. The van der Waals surface area contributed by atoms with E-state index in [1.165, 1.54) is 59.2 Å². The van der Waals surface area contributed by atoms with E-state index in [1.54, 1.807) is 19.2 Å². The van der Waals surface area contributed by atoms with Crippen molar-refractivity contribution < 1.29 is 32.6 Å². The van der Waals surface area contributed by atoms with Gasteiger partial charge in [0.15, 0.2) is 11.3 Å². The van der Waals surface area contributed by atoms with Crippen LogP contribution in [0.4, 0.5) is 18.9 Å². The first-order valence-corrected chi connectivity index (χ1v) is 11.9. The molecule has 40 heavy (non-hydrogen) atoms. The quantitative estimate of drug-likeness (QED) is 0.267. The van der Waals surface area contributed by atoms with E-state index in [0.717, 1.165) is 10.4 Å². The van der Waals surface area contributed by atoms with Gasteiger partial charge in [-0.05, 0) is 49.4 Å². The van der Waals surface area contributed by atoms with Gasteiger partial charge in [0.2, 0.25) is 0 Å². The van der Waals surface area contributed by atoms with Crippen LogP contribution < -0.4 is 10.1 Å². The number of carbonyl (C=O) groups excluding carboxylic acids is 1. The van der Waals surface area contributed by atoms with Crippen LogP contribution in [0.1, 0.15) is 37.8 Å². The molecular weight excluding hydrogens is 553 g/mol. The molecule has 2 aromatic carbocycles. The highest BCUT2D eigenvalue weighted by Gasteiger charge is 2.39. The van der Waals surface area contributed by atoms with Crippen molar-refractivity contribution in [2.24, 2.45) is 0 Å². The Morgan fingerprint density at radius 1 is 1.07 bits per heavy atom. The van der Waals surface area contributed by atoms with Gasteiger partial charge in [0.1, 0.15) is 18.1 Å². The van der Waals surface area contributed by atoms with Gasteiger partial charge in [-0.15, -0.1) is 0 Å². The lowest BCUT2D eigenvalue weighted by molar-refractivity contribution is -0.141. The molecule has 0 bridgehead atoms. The summed E-state index contributed by atoms with van der Waals surface area (Å²) >= 11 is 6.10. The highest BCUT2D eigenvalue weighted by molar-refractivity contribution is 6.32. The molecule has 1 amide bonds. The van der Waals surface area contributed by atoms with Crippen LogP contribution >= 0.6 is 11.6 Å². The number of carboxylic acid groups (broad SMARTS) is 1. The van der Waals surface area contributed by atoms with Gasteiger partial charge < -0.3 is 15.2 Å². The fourth-order valence-electron chi connectivity index (χ4n) is 3.84. The Kier molecular flexibility index (Phi) is 6.90. The molecule has 0 radical (unpaired) electrons. The molecule has 3 heterocycles. The van der Waals surface area contributed by atoms with E-state index in [1.807, 2.05) is 0 Å². The average Bonchev–Trinajstić information content (AvgIpc) is 3.45. The number of hydrogen-bond donors (Lipinski definition) is 2. The summed E-state index contributed by atoms with van der Waals surface area (Å²) in [6.45, 7) is 1.37. The van der Waals surface area contributed by atoms with Crippen molar-refractivity contribution in [2.45, 2.75) is 19.7 Å². The molecule has 0 unspecified atom stereocenters. The highest BCUT2D eigenvalue weighted by Crippen LogP contribution is 2.37. The Morgan fingerprint density at radius 3 is 2.52 bits per heavy atom. The number of anilines is 1. The summed E-state index contributed by atoms with van der Waals surface area (Å²) in [5.41, 5.74) is 0.524. The van der Waals surface area contributed by atoms with Crippen molar-refractivity contribution in [3.8, 4) is 11.4 Å². The summed E-state index contributed by atoms with van der Waals surface area (Å²) in [4.78, 5) is 28.3. The van der Waals surface area contributed by atoms with E-state index in [-0.39, 0.29) is 28.3 Å². The first-order valence-electron chi connectivity index (χ1n) is 11.5. The Morgan fingerprint density at radius 2 is 1.82 bits per heavy atom. The molecule has 3 aromatic heterocycles. The Balaban J connectivity index is 1.44. The van der Waals surface area contributed by atoms with Gasteiger partial charge in [-0.25, -0.2) is 19.0 Å². The van der Waals surface area contributed by atoms with Crippen LogP contribution in [-0.4, -0.2) is 41.4 Å². The second kappa shape index (κ2) is 10.3. The molecule has 204 valence electrons. The van der Waals surface area contributed by atoms with Crippen molar-refractivity contribution in [1.82, 2.24) is 24.4 Å². The minimum Gasteiger partial charge on any atom is -0.487 e. The summed E-state index contributed by atoms with van der Waals surface area (Å²) in [5, 5.41) is 19.0. The number of halogens is 4. The Bertz CT molecular complexity index is 1750. The first kappa shape index (κ1) is 26.7. The molecule has 5 aromatic rings. The van der Waals surface area contributed by atoms with Crippen LogP contribution in [0.2, 0.25) is 5.02 Å². The molecule has 0 aliphatic carbocycles. The monoisotopic (exact) mass is 570 g/mol. The third-order valence-electron chi connectivity index (χ3n) is 5.71. The summed E-state index contributed by atoms with van der Waals surface area (Å²) < 4.78 is 49.1. The number of hydrogen-bond acceptors (Lipinski definition) is 6. The number of rotatable bonds is 7. The van der Waals surface area contributed by atoms with E-state index in [2.05, 4.69) is 20.5 Å². The number of nitrogens with one attached hydrogen (secondary N) is 1. The number of benzene rings is 2. The zero-order chi connectivity index (χ0) is 28.6. The summed E-state index contributed by atoms with van der Waals surface area (Å²) in [7, 11) is 0. The molecule has 0 fully saturated rings. The smallest absolute Gasteiger partial charge is 0.436 e. The maximum atomic E-state index is 13.7. The number of alkyl halides is 3. The van der Waals surface area contributed by atoms with Crippen LogP contribution in [0, 0.1) is 6.92 Å².